The monoisotopic (exact) mass is 529 g/mol. The van der Waals surface area contributed by atoms with E-state index >= 15 is 0 Å². The fourth-order valence-electron chi connectivity index (χ4n) is 4.17. The molecule has 0 spiro atoms. The molecule has 10 nitrogen and oxygen atoms in total. The fraction of sp³-hybridized carbons (Fsp3) is 0.538. The van der Waals surface area contributed by atoms with Crippen LogP contribution in [0, 0.1) is 12.5 Å². The van der Waals surface area contributed by atoms with E-state index in [0.29, 0.717) is 25.2 Å². The lowest BCUT2D eigenvalue weighted by atomic mass is 10.0. The molecular weight excluding hydrogens is 493 g/mol. The minimum Gasteiger partial charge on any atom is -0.352 e. The topological polar surface area (TPSA) is 99.3 Å². The second-order valence-electron chi connectivity index (χ2n) is 9.48. The molecule has 11 heteroatoms. The third-order valence-corrected chi connectivity index (χ3v) is 8.03. The highest BCUT2D eigenvalue weighted by Gasteiger charge is 2.36. The zero-order valence-electron chi connectivity index (χ0n) is 22.0. The molecule has 0 aliphatic carbocycles. The first-order chi connectivity index (χ1) is 17.7. The number of carbonyl (C=O) groups is 1. The number of carbonyl (C=O) groups excluding carboxylic acids is 1. The third-order valence-electron chi connectivity index (χ3n) is 5.96. The van der Waals surface area contributed by atoms with Gasteiger partial charge in [-0.2, -0.15) is 4.98 Å². The second-order valence-corrected chi connectivity index (χ2v) is 10.9. The van der Waals surface area contributed by atoms with Gasteiger partial charge in [0, 0.05) is 23.8 Å². The summed E-state index contributed by atoms with van der Waals surface area (Å²) in [7, 11) is -1.37. The number of anilines is 1. The van der Waals surface area contributed by atoms with Crippen LogP contribution in [-0.2, 0) is 13.8 Å². The molecule has 0 saturated carbocycles. The lowest BCUT2D eigenvalue weighted by Crippen LogP contribution is -2.34. The summed E-state index contributed by atoms with van der Waals surface area (Å²) in [5, 5.41) is 2.66. The van der Waals surface area contributed by atoms with Gasteiger partial charge in [0.25, 0.3) is 14.4 Å². The van der Waals surface area contributed by atoms with Crippen molar-refractivity contribution in [2.45, 2.75) is 65.5 Å². The normalized spacial score (nSPS) is 20.4. The number of ether oxygens (including phenoxy) is 1. The van der Waals surface area contributed by atoms with E-state index in [0.717, 1.165) is 0 Å². The third kappa shape index (κ3) is 7.91. The predicted molar refractivity (Wildman–Crippen MR) is 143 cm³/mol. The molecule has 1 fully saturated rings. The fourth-order valence-corrected chi connectivity index (χ4v) is 5.78. The van der Waals surface area contributed by atoms with Crippen molar-refractivity contribution in [1.29, 1.82) is 0 Å². The smallest absolute Gasteiger partial charge is 0.351 e. The Morgan fingerprint density at radius 2 is 1.95 bits per heavy atom. The van der Waals surface area contributed by atoms with Gasteiger partial charge in [-0.25, -0.2) is 16.0 Å². The number of hydrogen-bond donors (Lipinski definition) is 1. The van der Waals surface area contributed by atoms with Crippen molar-refractivity contribution in [3.8, 4) is 0 Å². The van der Waals surface area contributed by atoms with E-state index in [9.17, 15) is 9.59 Å². The van der Waals surface area contributed by atoms with Gasteiger partial charge >= 0.3 is 5.69 Å². The van der Waals surface area contributed by atoms with Gasteiger partial charge in [-0.3, -0.25) is 9.36 Å². The molecule has 1 saturated heterocycles. The summed E-state index contributed by atoms with van der Waals surface area (Å²) >= 11 is 0. The summed E-state index contributed by atoms with van der Waals surface area (Å²) in [6.45, 7) is 18.3. The van der Waals surface area contributed by atoms with Crippen LogP contribution in [0.4, 0.5) is 5.82 Å². The van der Waals surface area contributed by atoms with Gasteiger partial charge in [0.2, 0.25) is 6.54 Å². The van der Waals surface area contributed by atoms with Gasteiger partial charge in [0.1, 0.15) is 18.7 Å². The molecule has 200 valence electrons. The summed E-state index contributed by atoms with van der Waals surface area (Å²) in [4.78, 5) is 32.5. The van der Waals surface area contributed by atoms with Crippen LogP contribution in [0.1, 0.15) is 57.6 Å². The minimum atomic E-state index is -1.37. The van der Waals surface area contributed by atoms with E-state index in [1.807, 2.05) is 6.07 Å². The van der Waals surface area contributed by atoms with Gasteiger partial charge in [-0.15, -0.1) is 0 Å². The number of benzene rings is 1. The molecule has 2 aromatic rings. The molecule has 0 radical (unpaired) electrons. The van der Waals surface area contributed by atoms with E-state index in [-0.39, 0.29) is 42.4 Å². The van der Waals surface area contributed by atoms with Gasteiger partial charge in [-0.05, 0) is 58.2 Å². The summed E-state index contributed by atoms with van der Waals surface area (Å²) < 4.78 is 22.0. The predicted octanol–water partition coefficient (Wildman–Crippen LogP) is 4.72. The number of amides is 1. The number of nitrogens with zero attached hydrogens (tertiary/aromatic N) is 4. The maximum atomic E-state index is 12.8. The van der Waals surface area contributed by atoms with Crippen molar-refractivity contribution >= 4 is 20.3 Å². The SMILES string of the molecule is [C-]#[N+]CCOP(OC[C@H]1O[C@@H](n2ccc(NC(=O)c3ccccc3)nc2=O)C[C@@H]1C)N(C(C)C)C(C)C. The molecule has 1 amide bonds. The molecule has 1 aliphatic rings. The number of aromatic nitrogens is 2. The number of hydrogen-bond acceptors (Lipinski definition) is 7. The van der Waals surface area contributed by atoms with Crippen LogP contribution in [0.2, 0.25) is 0 Å². The van der Waals surface area contributed by atoms with Crippen LogP contribution in [0.25, 0.3) is 4.85 Å². The van der Waals surface area contributed by atoms with Crippen LogP contribution >= 0.6 is 8.53 Å². The minimum absolute atomic E-state index is 0.140. The van der Waals surface area contributed by atoms with Crippen molar-refractivity contribution in [2.75, 3.05) is 25.1 Å². The highest BCUT2D eigenvalue weighted by Crippen LogP contribution is 2.47. The molecule has 4 atom stereocenters. The first kappa shape index (κ1) is 28.9. The quantitative estimate of drug-likeness (QED) is 0.241. The zero-order chi connectivity index (χ0) is 26.9. The molecule has 1 aromatic heterocycles. The lowest BCUT2D eigenvalue weighted by Gasteiger charge is -2.36. The van der Waals surface area contributed by atoms with Crippen molar-refractivity contribution < 1.29 is 18.6 Å². The lowest BCUT2D eigenvalue weighted by molar-refractivity contribution is -0.0289. The highest BCUT2D eigenvalue weighted by molar-refractivity contribution is 7.44. The first-order valence-electron chi connectivity index (χ1n) is 12.5. The Hall–Kier alpha value is -2.67. The average molecular weight is 530 g/mol. The van der Waals surface area contributed by atoms with Gasteiger partial charge in [0.05, 0.1) is 12.7 Å². The standard InChI is InChI=1S/C26H36N5O5P/c1-18(2)31(19(3)4)37(34-15-13-27-6)35-17-22-20(5)16-24(36-22)30-14-12-23(29-26(30)33)28-25(32)21-10-8-7-9-11-21/h7-12,14,18-20,22,24H,13,15-17H2,1-5H3,(H,28,29,32,33)/t20-,22+,24+,37?/m0/s1. The average Bonchev–Trinajstić information content (AvgIpc) is 3.22. The van der Waals surface area contributed by atoms with E-state index in [2.05, 4.69) is 54.4 Å². The molecule has 1 unspecified atom stereocenters. The van der Waals surface area contributed by atoms with E-state index in [1.165, 1.54) is 4.57 Å². The Labute approximate surface area is 219 Å². The van der Waals surface area contributed by atoms with Gasteiger partial charge in [-0.1, -0.05) is 25.1 Å². The molecule has 0 bridgehead atoms. The van der Waals surface area contributed by atoms with Crippen LogP contribution in [0.3, 0.4) is 0 Å². The van der Waals surface area contributed by atoms with Crippen molar-refractivity contribution in [3.63, 3.8) is 0 Å². The molecule has 1 aliphatic heterocycles. The van der Waals surface area contributed by atoms with Crippen LogP contribution < -0.4 is 11.0 Å². The van der Waals surface area contributed by atoms with Crippen LogP contribution in [-0.4, -0.2) is 58.1 Å². The van der Waals surface area contributed by atoms with Gasteiger partial charge in [0.15, 0.2) is 0 Å². The molecule has 1 N–H and O–H groups in total. The summed E-state index contributed by atoms with van der Waals surface area (Å²) in [6, 6.07) is 10.8. The van der Waals surface area contributed by atoms with Crippen LogP contribution in [0.15, 0.2) is 47.4 Å². The summed E-state index contributed by atoms with van der Waals surface area (Å²) in [5.74, 6) is -0.00754. The first-order valence-corrected chi connectivity index (χ1v) is 13.6. The van der Waals surface area contributed by atoms with Crippen molar-refractivity contribution in [1.82, 2.24) is 14.2 Å². The Kier molecular flexibility index (Phi) is 10.7. The maximum Gasteiger partial charge on any atom is 0.351 e. The molecule has 37 heavy (non-hydrogen) atoms. The van der Waals surface area contributed by atoms with Crippen LogP contribution in [0.5, 0.6) is 0 Å². The van der Waals surface area contributed by atoms with E-state index in [4.69, 9.17) is 20.4 Å². The molecule has 2 heterocycles. The van der Waals surface area contributed by atoms with Crippen molar-refractivity contribution in [2.24, 2.45) is 5.92 Å². The molecular formula is C26H36N5O5P. The largest absolute Gasteiger partial charge is 0.352 e. The maximum absolute atomic E-state index is 12.8. The summed E-state index contributed by atoms with van der Waals surface area (Å²) in [6.07, 6.45) is 1.50. The van der Waals surface area contributed by atoms with Gasteiger partial charge < -0.3 is 23.9 Å². The van der Waals surface area contributed by atoms with Crippen molar-refractivity contribution in [3.05, 3.63) is 70.1 Å². The Morgan fingerprint density at radius 3 is 2.57 bits per heavy atom. The van der Waals surface area contributed by atoms with E-state index in [1.54, 1.807) is 36.5 Å². The Morgan fingerprint density at radius 1 is 1.24 bits per heavy atom. The number of rotatable bonds is 12. The molecule has 3 rings (SSSR count). The Bertz CT molecular complexity index is 1110. The second kappa shape index (κ2) is 13.8. The van der Waals surface area contributed by atoms with E-state index < -0.39 is 20.4 Å². The summed E-state index contributed by atoms with van der Waals surface area (Å²) in [5.41, 5.74) is -0.0176. The molecule has 1 aromatic carbocycles. The zero-order valence-corrected chi connectivity index (χ0v) is 22.9. The number of nitrogens with one attached hydrogen (secondary N) is 1. The Balaban J connectivity index is 1.63. The highest BCUT2D eigenvalue weighted by atomic mass is 31.2.